The Kier molecular flexibility index (Phi) is 4.25. The van der Waals surface area contributed by atoms with Crippen molar-refractivity contribution >= 4 is 17.5 Å². The van der Waals surface area contributed by atoms with Crippen molar-refractivity contribution in [3.63, 3.8) is 0 Å². The molecule has 1 N–H and O–H groups in total. The number of carbonyl (C=O) groups is 1. The molecule has 0 aromatic heterocycles. The van der Waals surface area contributed by atoms with Crippen LogP contribution in [0.1, 0.15) is 25.7 Å². The molecule has 0 aromatic rings. The normalized spacial score (nSPS) is 27.5. The zero-order valence-electron chi connectivity index (χ0n) is 8.11. The lowest BCUT2D eigenvalue weighted by molar-refractivity contribution is -0.189. The predicted octanol–water partition coefficient (Wildman–Crippen LogP) is 2.46. The molecule has 0 unspecified atom stereocenters. The molecule has 2 atom stereocenters. The van der Waals surface area contributed by atoms with Gasteiger partial charge in [0.05, 0.1) is 5.92 Å². The van der Waals surface area contributed by atoms with Crippen LogP contribution in [0, 0.1) is 5.92 Å². The lowest BCUT2D eigenvalue weighted by Crippen LogP contribution is -2.48. The van der Waals surface area contributed by atoms with Gasteiger partial charge >= 0.3 is 6.18 Å². The summed E-state index contributed by atoms with van der Waals surface area (Å²) in [4.78, 5) is 10.9. The van der Waals surface area contributed by atoms with Crippen molar-refractivity contribution in [3.8, 4) is 0 Å². The highest BCUT2D eigenvalue weighted by molar-refractivity contribution is 6.27. The van der Waals surface area contributed by atoms with Crippen molar-refractivity contribution in [1.82, 2.24) is 5.32 Å². The molecule has 1 saturated carbocycles. The number of carbonyl (C=O) groups excluding carboxylic acids is 1. The molecule has 0 heterocycles. The van der Waals surface area contributed by atoms with Gasteiger partial charge in [0.15, 0.2) is 0 Å². The molecule has 88 valence electrons. The fourth-order valence-electron chi connectivity index (χ4n) is 1.94. The summed E-state index contributed by atoms with van der Waals surface area (Å²) >= 11 is 5.24. The molecule has 1 aliphatic rings. The van der Waals surface area contributed by atoms with E-state index in [1.165, 1.54) is 0 Å². The molecule has 1 fully saturated rings. The van der Waals surface area contributed by atoms with Crippen molar-refractivity contribution in [3.05, 3.63) is 0 Å². The highest BCUT2D eigenvalue weighted by Crippen LogP contribution is 2.37. The monoisotopic (exact) mass is 243 g/mol. The molecular weight excluding hydrogens is 231 g/mol. The van der Waals surface area contributed by atoms with E-state index < -0.39 is 24.0 Å². The molecule has 0 aliphatic heterocycles. The van der Waals surface area contributed by atoms with E-state index in [1.807, 2.05) is 0 Å². The van der Waals surface area contributed by atoms with Crippen LogP contribution < -0.4 is 5.32 Å². The fourth-order valence-corrected chi connectivity index (χ4v) is 2.02. The van der Waals surface area contributed by atoms with Gasteiger partial charge in [-0.15, -0.1) is 11.6 Å². The van der Waals surface area contributed by atoms with Crippen LogP contribution in [0.25, 0.3) is 0 Å². The van der Waals surface area contributed by atoms with Crippen molar-refractivity contribution in [2.45, 2.75) is 37.9 Å². The van der Waals surface area contributed by atoms with Crippen LogP contribution in [0.2, 0.25) is 0 Å². The molecule has 0 bridgehead atoms. The lowest BCUT2D eigenvalue weighted by Gasteiger charge is -2.33. The topological polar surface area (TPSA) is 29.1 Å². The summed E-state index contributed by atoms with van der Waals surface area (Å²) in [5.41, 5.74) is 0. The molecular formula is C9H13ClF3NO. The maximum atomic E-state index is 12.6. The van der Waals surface area contributed by atoms with Gasteiger partial charge in [0.1, 0.15) is 5.88 Å². The summed E-state index contributed by atoms with van der Waals surface area (Å²) in [6.45, 7) is 0. The van der Waals surface area contributed by atoms with E-state index in [0.717, 1.165) is 6.42 Å². The SMILES string of the molecule is O=C(CCl)N[C@H]1CCCC[C@@H]1C(F)(F)F. The van der Waals surface area contributed by atoms with E-state index in [9.17, 15) is 18.0 Å². The lowest BCUT2D eigenvalue weighted by atomic mass is 9.84. The van der Waals surface area contributed by atoms with E-state index in [4.69, 9.17) is 11.6 Å². The van der Waals surface area contributed by atoms with Crippen LogP contribution in [-0.4, -0.2) is 24.0 Å². The van der Waals surface area contributed by atoms with Gasteiger partial charge in [-0.05, 0) is 12.8 Å². The Bertz CT molecular complexity index is 232. The number of amides is 1. The second-order valence-electron chi connectivity index (χ2n) is 3.74. The summed E-state index contributed by atoms with van der Waals surface area (Å²) in [7, 11) is 0. The summed E-state index contributed by atoms with van der Waals surface area (Å²) in [5, 5.41) is 2.33. The highest BCUT2D eigenvalue weighted by atomic mass is 35.5. The van der Waals surface area contributed by atoms with Crippen molar-refractivity contribution in [2.24, 2.45) is 5.92 Å². The maximum Gasteiger partial charge on any atom is 0.393 e. The van der Waals surface area contributed by atoms with Crippen LogP contribution in [0.15, 0.2) is 0 Å². The number of halogens is 4. The Balaban J connectivity index is 2.62. The second kappa shape index (κ2) is 5.05. The Morgan fingerprint density at radius 2 is 1.93 bits per heavy atom. The van der Waals surface area contributed by atoms with E-state index in [1.54, 1.807) is 0 Å². The van der Waals surface area contributed by atoms with Gasteiger partial charge in [0, 0.05) is 6.04 Å². The average molecular weight is 244 g/mol. The summed E-state index contributed by atoms with van der Waals surface area (Å²) in [6, 6.07) is -0.801. The third kappa shape index (κ3) is 3.55. The summed E-state index contributed by atoms with van der Waals surface area (Å²) < 4.78 is 37.7. The van der Waals surface area contributed by atoms with E-state index >= 15 is 0 Å². The van der Waals surface area contributed by atoms with Crippen LogP contribution >= 0.6 is 11.6 Å². The molecule has 1 amide bonds. The molecule has 2 nitrogen and oxygen atoms in total. The fraction of sp³-hybridized carbons (Fsp3) is 0.889. The minimum Gasteiger partial charge on any atom is -0.352 e. The van der Waals surface area contributed by atoms with Gasteiger partial charge in [-0.2, -0.15) is 13.2 Å². The minimum atomic E-state index is -4.23. The number of hydrogen-bond acceptors (Lipinski definition) is 1. The predicted molar refractivity (Wildman–Crippen MR) is 50.7 cm³/mol. The van der Waals surface area contributed by atoms with Gasteiger partial charge in [-0.25, -0.2) is 0 Å². The van der Waals surface area contributed by atoms with Crippen LogP contribution in [0.3, 0.4) is 0 Å². The second-order valence-corrected chi connectivity index (χ2v) is 4.01. The van der Waals surface area contributed by atoms with Gasteiger partial charge in [0.2, 0.25) is 5.91 Å². The molecule has 15 heavy (non-hydrogen) atoms. The number of hydrogen-bond donors (Lipinski definition) is 1. The van der Waals surface area contributed by atoms with Gasteiger partial charge < -0.3 is 5.32 Å². The Morgan fingerprint density at radius 3 is 2.47 bits per heavy atom. The smallest absolute Gasteiger partial charge is 0.352 e. The molecule has 0 radical (unpaired) electrons. The molecule has 1 aliphatic carbocycles. The van der Waals surface area contributed by atoms with E-state index in [2.05, 4.69) is 5.32 Å². The van der Waals surface area contributed by atoms with Crippen LogP contribution in [-0.2, 0) is 4.79 Å². The quantitative estimate of drug-likeness (QED) is 0.742. The third-order valence-electron chi connectivity index (χ3n) is 2.65. The molecule has 6 heteroatoms. The molecule has 0 aromatic carbocycles. The highest BCUT2D eigenvalue weighted by Gasteiger charge is 2.45. The first-order valence-electron chi connectivity index (χ1n) is 4.87. The largest absolute Gasteiger partial charge is 0.393 e. The van der Waals surface area contributed by atoms with E-state index in [-0.39, 0.29) is 12.3 Å². The molecule has 0 spiro atoms. The van der Waals surface area contributed by atoms with Crippen molar-refractivity contribution in [1.29, 1.82) is 0 Å². The Morgan fingerprint density at radius 1 is 1.33 bits per heavy atom. The Labute approximate surface area is 91.2 Å². The van der Waals surface area contributed by atoms with Gasteiger partial charge in [0.25, 0.3) is 0 Å². The zero-order valence-corrected chi connectivity index (χ0v) is 8.87. The van der Waals surface area contributed by atoms with Gasteiger partial charge in [-0.1, -0.05) is 12.8 Å². The maximum absolute atomic E-state index is 12.6. The minimum absolute atomic E-state index is 0.0940. The van der Waals surface area contributed by atoms with Crippen molar-refractivity contribution in [2.75, 3.05) is 5.88 Å². The summed E-state index contributed by atoms with van der Waals surface area (Å²) in [6.07, 6.45) is -2.47. The number of rotatable bonds is 2. The Hall–Kier alpha value is -0.450. The summed E-state index contributed by atoms with van der Waals surface area (Å²) in [5.74, 6) is -2.24. The van der Waals surface area contributed by atoms with E-state index in [0.29, 0.717) is 12.8 Å². The van der Waals surface area contributed by atoms with Crippen LogP contribution in [0.5, 0.6) is 0 Å². The number of nitrogens with one attached hydrogen (secondary N) is 1. The average Bonchev–Trinajstić information content (AvgIpc) is 2.17. The van der Waals surface area contributed by atoms with Gasteiger partial charge in [-0.3, -0.25) is 4.79 Å². The zero-order chi connectivity index (χ0) is 11.5. The molecule has 1 rings (SSSR count). The van der Waals surface area contributed by atoms with Crippen molar-refractivity contribution < 1.29 is 18.0 Å². The van der Waals surface area contributed by atoms with Crippen LogP contribution in [0.4, 0.5) is 13.2 Å². The first kappa shape index (κ1) is 12.6. The first-order valence-corrected chi connectivity index (χ1v) is 5.40. The molecule has 0 saturated heterocycles. The third-order valence-corrected chi connectivity index (χ3v) is 2.90. The standard InChI is InChI=1S/C9H13ClF3NO/c10-5-8(15)14-7-4-2-1-3-6(7)9(11,12)13/h6-7H,1-5H2,(H,14,15)/t6-,7-/m0/s1. The number of alkyl halides is 4. The first-order chi connectivity index (χ1) is 6.95.